The molecule has 2 rings (SSSR count). The Morgan fingerprint density at radius 1 is 1.28 bits per heavy atom. The van der Waals surface area contributed by atoms with Crippen molar-refractivity contribution in [1.29, 1.82) is 0 Å². The van der Waals surface area contributed by atoms with Crippen LogP contribution in [0.2, 0.25) is 0 Å². The number of aliphatic hydroxyl groups is 1. The lowest BCUT2D eigenvalue weighted by atomic mass is 9.92. The highest BCUT2D eigenvalue weighted by molar-refractivity contribution is 7.99. The highest BCUT2D eigenvalue weighted by Gasteiger charge is 2.19. The third kappa shape index (κ3) is 3.95. The summed E-state index contributed by atoms with van der Waals surface area (Å²) in [5.74, 6) is 1.72. The molecule has 1 N–H and O–H groups in total. The van der Waals surface area contributed by atoms with Gasteiger partial charge in [-0.1, -0.05) is 6.07 Å². The summed E-state index contributed by atoms with van der Waals surface area (Å²) in [5.41, 5.74) is 0.397. The Balaban J connectivity index is 1.87. The minimum Gasteiger partial charge on any atom is -0.393 e. The van der Waals surface area contributed by atoms with E-state index in [2.05, 4.69) is 0 Å². The van der Waals surface area contributed by atoms with Crippen LogP contribution in [0.3, 0.4) is 0 Å². The van der Waals surface area contributed by atoms with Crippen LogP contribution >= 0.6 is 11.8 Å². The van der Waals surface area contributed by atoms with Crippen LogP contribution in [-0.4, -0.2) is 22.7 Å². The van der Waals surface area contributed by atoms with E-state index in [0.29, 0.717) is 11.5 Å². The summed E-state index contributed by atoms with van der Waals surface area (Å²) in [7, 11) is 0. The van der Waals surface area contributed by atoms with Crippen molar-refractivity contribution >= 4 is 11.8 Å². The molecule has 1 heterocycles. The highest BCUT2D eigenvalue weighted by atomic mass is 32.2. The van der Waals surface area contributed by atoms with Crippen LogP contribution in [0.4, 0.5) is 8.78 Å². The van der Waals surface area contributed by atoms with Gasteiger partial charge in [0.2, 0.25) is 0 Å². The molecule has 1 nitrogen and oxygen atoms in total. The zero-order chi connectivity index (χ0) is 13.0. The molecule has 0 spiro atoms. The normalized spacial score (nSPS) is 18.8. The number of benzene rings is 1. The molecule has 100 valence electrons. The number of hydrogen-bond acceptors (Lipinski definition) is 2. The Hall–Kier alpha value is -0.610. The van der Waals surface area contributed by atoms with Gasteiger partial charge in [0.05, 0.1) is 6.10 Å². The molecule has 1 aromatic carbocycles. The number of rotatable bonds is 4. The predicted octanol–water partition coefficient (Wildman–Crippen LogP) is 3.40. The Kier molecular flexibility index (Phi) is 5.01. The van der Waals surface area contributed by atoms with E-state index in [1.54, 1.807) is 0 Å². The van der Waals surface area contributed by atoms with E-state index in [-0.39, 0.29) is 6.42 Å². The fourth-order valence-corrected chi connectivity index (χ4v) is 3.60. The van der Waals surface area contributed by atoms with Crippen molar-refractivity contribution in [2.45, 2.75) is 31.8 Å². The van der Waals surface area contributed by atoms with Crippen LogP contribution in [0, 0.1) is 17.6 Å². The maximum atomic E-state index is 13.4. The van der Waals surface area contributed by atoms with Gasteiger partial charge in [0.15, 0.2) is 0 Å². The van der Waals surface area contributed by atoms with Crippen LogP contribution in [0.25, 0.3) is 0 Å². The third-order valence-corrected chi connectivity index (χ3v) is 4.47. The number of thioether (sulfide) groups is 1. The summed E-state index contributed by atoms with van der Waals surface area (Å²) in [6.45, 7) is 0. The largest absolute Gasteiger partial charge is 0.393 e. The smallest absolute Gasteiger partial charge is 0.129 e. The Labute approximate surface area is 111 Å². The summed E-state index contributed by atoms with van der Waals surface area (Å²) in [5, 5.41) is 9.98. The quantitative estimate of drug-likeness (QED) is 0.906. The van der Waals surface area contributed by atoms with Crippen molar-refractivity contribution in [1.82, 2.24) is 0 Å². The van der Waals surface area contributed by atoms with Crippen LogP contribution in [0.5, 0.6) is 0 Å². The molecule has 1 atom stereocenters. The Morgan fingerprint density at radius 3 is 2.67 bits per heavy atom. The van der Waals surface area contributed by atoms with Crippen molar-refractivity contribution in [3.8, 4) is 0 Å². The zero-order valence-corrected chi connectivity index (χ0v) is 11.1. The molecule has 0 saturated carbocycles. The lowest BCUT2D eigenvalue weighted by Gasteiger charge is -2.23. The first-order chi connectivity index (χ1) is 8.65. The van der Waals surface area contributed by atoms with Crippen molar-refractivity contribution in [2.75, 3.05) is 11.5 Å². The fraction of sp³-hybridized carbons (Fsp3) is 0.571. The fourth-order valence-electron chi connectivity index (χ4n) is 2.39. The van der Waals surface area contributed by atoms with Crippen molar-refractivity contribution < 1.29 is 13.9 Å². The summed E-state index contributed by atoms with van der Waals surface area (Å²) < 4.78 is 26.2. The average molecular weight is 272 g/mol. The molecular formula is C14H18F2OS. The number of halogens is 2. The molecule has 1 unspecified atom stereocenters. The van der Waals surface area contributed by atoms with Gasteiger partial charge in [0.1, 0.15) is 11.6 Å². The van der Waals surface area contributed by atoms with E-state index in [1.165, 1.54) is 12.1 Å². The van der Waals surface area contributed by atoms with Crippen LogP contribution in [0.1, 0.15) is 24.8 Å². The van der Waals surface area contributed by atoms with E-state index in [4.69, 9.17) is 0 Å². The molecule has 1 fully saturated rings. The summed E-state index contributed by atoms with van der Waals surface area (Å²) in [4.78, 5) is 0. The third-order valence-electron chi connectivity index (χ3n) is 3.42. The predicted molar refractivity (Wildman–Crippen MR) is 70.7 cm³/mol. The zero-order valence-electron chi connectivity index (χ0n) is 10.2. The first-order valence-electron chi connectivity index (χ1n) is 6.35. The molecule has 0 amide bonds. The van der Waals surface area contributed by atoms with Gasteiger partial charge in [-0.3, -0.25) is 0 Å². The van der Waals surface area contributed by atoms with Crippen molar-refractivity contribution in [2.24, 2.45) is 5.92 Å². The van der Waals surface area contributed by atoms with Gasteiger partial charge in [-0.05, 0) is 48.3 Å². The minimum absolute atomic E-state index is 0.274. The SMILES string of the molecule is OC(Cc1ccc(F)cc1F)CC1CCSCC1. The highest BCUT2D eigenvalue weighted by Crippen LogP contribution is 2.27. The van der Waals surface area contributed by atoms with E-state index < -0.39 is 17.7 Å². The van der Waals surface area contributed by atoms with Gasteiger partial charge in [0, 0.05) is 12.5 Å². The molecule has 1 aliphatic heterocycles. The van der Waals surface area contributed by atoms with Gasteiger partial charge in [0.25, 0.3) is 0 Å². The Morgan fingerprint density at radius 2 is 2.00 bits per heavy atom. The average Bonchev–Trinajstić information content (AvgIpc) is 2.34. The van der Waals surface area contributed by atoms with Crippen molar-refractivity contribution in [3.05, 3.63) is 35.4 Å². The summed E-state index contributed by atoms with van der Waals surface area (Å²) in [6, 6.07) is 3.53. The van der Waals surface area contributed by atoms with Crippen LogP contribution in [0.15, 0.2) is 18.2 Å². The van der Waals surface area contributed by atoms with E-state index in [1.807, 2.05) is 11.8 Å². The second kappa shape index (κ2) is 6.53. The topological polar surface area (TPSA) is 20.2 Å². The van der Waals surface area contributed by atoms with Gasteiger partial charge < -0.3 is 5.11 Å². The van der Waals surface area contributed by atoms with Gasteiger partial charge >= 0.3 is 0 Å². The first kappa shape index (κ1) is 13.8. The molecule has 1 saturated heterocycles. The molecule has 0 radical (unpaired) electrons. The summed E-state index contributed by atoms with van der Waals surface area (Å²) >= 11 is 1.95. The number of aliphatic hydroxyl groups excluding tert-OH is 1. The summed E-state index contributed by atoms with van der Waals surface area (Å²) in [6.07, 6.45) is 2.73. The van der Waals surface area contributed by atoms with E-state index in [9.17, 15) is 13.9 Å². The first-order valence-corrected chi connectivity index (χ1v) is 7.50. The van der Waals surface area contributed by atoms with Gasteiger partial charge in [-0.2, -0.15) is 11.8 Å². The van der Waals surface area contributed by atoms with Gasteiger partial charge in [-0.25, -0.2) is 8.78 Å². The molecule has 1 aromatic rings. The molecule has 4 heteroatoms. The van der Waals surface area contributed by atoms with E-state index in [0.717, 1.165) is 36.8 Å². The molecule has 0 aliphatic carbocycles. The van der Waals surface area contributed by atoms with Crippen LogP contribution in [-0.2, 0) is 6.42 Å². The second-order valence-corrected chi connectivity index (χ2v) is 6.11. The van der Waals surface area contributed by atoms with Crippen LogP contribution < -0.4 is 0 Å². The van der Waals surface area contributed by atoms with E-state index >= 15 is 0 Å². The maximum absolute atomic E-state index is 13.4. The standard InChI is InChI=1S/C14H18F2OS/c15-12-2-1-11(14(16)9-12)8-13(17)7-10-3-5-18-6-4-10/h1-2,9-10,13,17H,3-8H2. The minimum atomic E-state index is -0.574. The monoisotopic (exact) mass is 272 g/mol. The molecule has 18 heavy (non-hydrogen) atoms. The van der Waals surface area contributed by atoms with Crippen molar-refractivity contribution in [3.63, 3.8) is 0 Å². The lowest BCUT2D eigenvalue weighted by Crippen LogP contribution is -2.20. The Bertz CT molecular complexity index is 391. The number of hydrogen-bond donors (Lipinski definition) is 1. The molecular weight excluding hydrogens is 254 g/mol. The second-order valence-electron chi connectivity index (χ2n) is 4.89. The molecule has 0 aromatic heterocycles. The lowest BCUT2D eigenvalue weighted by molar-refractivity contribution is 0.138. The van der Waals surface area contributed by atoms with Gasteiger partial charge in [-0.15, -0.1) is 0 Å². The maximum Gasteiger partial charge on any atom is 0.129 e. The molecule has 1 aliphatic rings. The molecule has 0 bridgehead atoms.